The summed E-state index contributed by atoms with van der Waals surface area (Å²) in [5.41, 5.74) is 6.10. The fourth-order valence-electron chi connectivity index (χ4n) is 9.99. The van der Waals surface area contributed by atoms with Gasteiger partial charge in [0, 0.05) is 63.2 Å². The number of hydrogen-bond donors (Lipinski definition) is 5. The Bertz CT molecular complexity index is 3640. The van der Waals surface area contributed by atoms with Crippen molar-refractivity contribution in [2.24, 2.45) is 0 Å². The van der Waals surface area contributed by atoms with Crippen LogP contribution in [-0.2, 0) is 33.5 Å². The first-order chi connectivity index (χ1) is 37.5. The molecule has 1 aliphatic heterocycles. The third kappa shape index (κ3) is 10.3. The Morgan fingerprint density at radius 1 is 0.620 bits per heavy atom. The van der Waals surface area contributed by atoms with Gasteiger partial charge in [-0.05, 0) is 152 Å². The molecule has 406 valence electrons. The molecule has 79 heavy (non-hydrogen) atoms. The number of aromatic amines is 2. The van der Waals surface area contributed by atoms with Crippen molar-refractivity contribution in [3.63, 3.8) is 0 Å². The van der Waals surface area contributed by atoms with E-state index in [-0.39, 0.29) is 32.4 Å². The van der Waals surface area contributed by atoms with E-state index in [0.717, 1.165) is 87.3 Å². The second-order valence-electron chi connectivity index (χ2n) is 21.1. The lowest BCUT2D eigenvalue weighted by Crippen LogP contribution is -2.41. The molecule has 2 aromatic carbocycles. The van der Waals surface area contributed by atoms with Gasteiger partial charge in [0.15, 0.2) is 11.2 Å². The van der Waals surface area contributed by atoms with Gasteiger partial charge in [-0.15, -0.1) is 0 Å². The van der Waals surface area contributed by atoms with Crippen LogP contribution in [0.15, 0.2) is 135 Å². The first-order valence-electron chi connectivity index (χ1n) is 26.3. The van der Waals surface area contributed by atoms with Gasteiger partial charge in [0.25, 0.3) is 0 Å². The zero-order valence-electron chi connectivity index (χ0n) is 44.5. The SMILES string of the molecule is C.CCc1noc(C)c1B1OC(C)(C)C(C)(C)O1.Cc1onc(CO)c1-c1cc(C(O)(c2ccccn2)c2ccccn2)c2nc(C3CC3)[nH]c2c1.OC(c1ccccn1)(c1ccccn1)c1cc(Br)cc2[nH]c(C3CC3)nc12. The highest BCUT2D eigenvalue weighted by Crippen LogP contribution is 2.46. The smallest absolute Gasteiger partial charge is 0.399 e. The van der Waals surface area contributed by atoms with E-state index in [9.17, 15) is 15.3 Å². The highest BCUT2D eigenvalue weighted by molar-refractivity contribution is 9.10. The Balaban J connectivity index is 0.000000140. The minimum Gasteiger partial charge on any atom is -0.399 e. The highest BCUT2D eigenvalue weighted by atomic mass is 79.9. The number of H-pyrrole nitrogens is 2. The van der Waals surface area contributed by atoms with Gasteiger partial charge in [-0.25, -0.2) is 9.97 Å². The quantitative estimate of drug-likeness (QED) is 0.0715. The predicted molar refractivity (Wildman–Crippen MR) is 304 cm³/mol. The summed E-state index contributed by atoms with van der Waals surface area (Å²) in [6.45, 7) is 13.7. The summed E-state index contributed by atoms with van der Waals surface area (Å²) in [7, 11) is -0.374. The van der Waals surface area contributed by atoms with E-state index < -0.39 is 11.2 Å². The van der Waals surface area contributed by atoms with Crippen molar-refractivity contribution < 1.29 is 33.7 Å². The number of fused-ring (bicyclic) bond motifs is 2. The Morgan fingerprint density at radius 3 is 1.47 bits per heavy atom. The molecule has 2 aliphatic carbocycles. The number of pyridine rings is 4. The fourth-order valence-corrected chi connectivity index (χ4v) is 10.5. The van der Waals surface area contributed by atoms with Crippen molar-refractivity contribution in [2.75, 3.05) is 0 Å². The number of aromatic nitrogens is 10. The number of rotatable bonds is 12. The number of aliphatic hydroxyl groups is 3. The van der Waals surface area contributed by atoms with Gasteiger partial charge in [-0.3, -0.25) is 19.9 Å². The minimum atomic E-state index is -1.67. The first kappa shape index (κ1) is 55.1. The van der Waals surface area contributed by atoms with Crippen LogP contribution in [0.5, 0.6) is 0 Å². The average Bonchev–Trinajstić information content (AvgIpc) is 4.44. The van der Waals surface area contributed by atoms with Crippen LogP contribution in [0.2, 0.25) is 0 Å². The van der Waals surface area contributed by atoms with Crippen LogP contribution in [0.3, 0.4) is 0 Å². The maximum Gasteiger partial charge on any atom is 0.500 e. The number of halogens is 1. The summed E-state index contributed by atoms with van der Waals surface area (Å²) in [6.07, 6.45) is 12.0. The first-order valence-corrected chi connectivity index (χ1v) is 27.0. The molecule has 9 heterocycles. The minimum absolute atomic E-state index is 0. The molecular formula is C60H64BBrN10O7. The van der Waals surface area contributed by atoms with E-state index in [2.05, 4.69) is 56.1 Å². The molecule has 0 radical (unpaired) electrons. The molecule has 0 amide bonds. The second-order valence-corrected chi connectivity index (χ2v) is 22.0. The molecular weight excluding hydrogens is 1060 g/mol. The second kappa shape index (κ2) is 21.8. The summed E-state index contributed by atoms with van der Waals surface area (Å²) in [4.78, 5) is 34.6. The highest BCUT2D eigenvalue weighted by Gasteiger charge is 2.53. The summed E-state index contributed by atoms with van der Waals surface area (Å²) in [6, 6.07) is 29.6. The zero-order chi connectivity index (χ0) is 54.6. The third-order valence-corrected chi connectivity index (χ3v) is 15.7. The van der Waals surface area contributed by atoms with E-state index >= 15 is 0 Å². The molecule has 0 bridgehead atoms. The topological polar surface area (TPSA) is 240 Å². The van der Waals surface area contributed by atoms with E-state index in [0.29, 0.717) is 68.3 Å². The van der Waals surface area contributed by atoms with Crippen LogP contribution in [0.1, 0.15) is 148 Å². The number of aryl methyl sites for hydroxylation is 3. The van der Waals surface area contributed by atoms with Crippen molar-refractivity contribution in [3.8, 4) is 11.1 Å². The van der Waals surface area contributed by atoms with Crippen LogP contribution < -0.4 is 5.46 Å². The van der Waals surface area contributed by atoms with Gasteiger partial charge in [-0.1, -0.05) is 64.9 Å². The van der Waals surface area contributed by atoms with E-state index in [1.807, 2.05) is 126 Å². The molecule has 5 N–H and O–H groups in total. The standard InChI is InChI=1S/C26H23N5O3.C21H17BrN4O.C12H20BNO3.CH4/c1-15-23(20(14-32)31-34-15)17-12-18(24-19(13-17)29-25(30-24)16-8-9-16)26(33,21-6-2-4-10-27-21)22-7-3-5-11-28-22;22-14-11-15(19-16(12-14)25-20(26-19)13-7-8-13)21(27,17-5-1-3-9-23-17)18-6-2-4-10-24-18;1-7-9-10(8(2)15-14-9)13-16-11(3,4)12(5,6)17-13;/h2-7,10-13,16,32-33H,8-9,14H2,1H3,(H,29,30);1-6,9-13,27H,7-8H2,(H,25,26);7H2,1-6H3;1H4. The number of nitrogens with zero attached hydrogens (tertiary/aromatic N) is 8. The molecule has 3 aliphatic rings. The molecule has 0 unspecified atom stereocenters. The fraction of sp³-hybridized carbons (Fsp3) is 0.333. The normalized spacial score (nSPS) is 15.8. The van der Waals surface area contributed by atoms with Crippen molar-refractivity contribution in [2.45, 2.75) is 129 Å². The molecule has 8 aromatic heterocycles. The van der Waals surface area contributed by atoms with E-state index in [1.54, 1.807) is 43.8 Å². The molecule has 1 saturated heterocycles. The van der Waals surface area contributed by atoms with Crippen molar-refractivity contribution in [3.05, 3.63) is 195 Å². The van der Waals surface area contributed by atoms with Crippen LogP contribution in [0, 0.1) is 13.8 Å². The third-order valence-electron chi connectivity index (χ3n) is 15.2. The summed E-state index contributed by atoms with van der Waals surface area (Å²) >= 11 is 3.58. The summed E-state index contributed by atoms with van der Waals surface area (Å²) < 4.78 is 23.5. The monoisotopic (exact) mass is 1130 g/mol. The Kier molecular flexibility index (Phi) is 15.2. The van der Waals surface area contributed by atoms with Gasteiger partial charge in [0.1, 0.15) is 28.9 Å². The van der Waals surface area contributed by atoms with Crippen LogP contribution in [0.4, 0.5) is 0 Å². The predicted octanol–water partition coefficient (Wildman–Crippen LogP) is 10.7. The zero-order valence-corrected chi connectivity index (χ0v) is 46.0. The lowest BCUT2D eigenvalue weighted by atomic mass is 9.77. The van der Waals surface area contributed by atoms with Crippen molar-refractivity contribution in [1.29, 1.82) is 0 Å². The lowest BCUT2D eigenvalue weighted by Gasteiger charge is -2.32. The molecule has 17 nitrogen and oxygen atoms in total. The van der Waals surface area contributed by atoms with Gasteiger partial charge in [0.2, 0.25) is 0 Å². The van der Waals surface area contributed by atoms with Crippen molar-refractivity contribution >= 4 is 50.6 Å². The maximum atomic E-state index is 12.4. The Hall–Kier alpha value is -7.26. The summed E-state index contributed by atoms with van der Waals surface area (Å²) in [5, 5.41) is 42.4. The van der Waals surface area contributed by atoms with Gasteiger partial charge >= 0.3 is 7.12 Å². The molecule has 10 aromatic rings. The van der Waals surface area contributed by atoms with E-state index in [1.165, 1.54) is 0 Å². The van der Waals surface area contributed by atoms with Gasteiger partial charge < -0.3 is 43.6 Å². The largest absolute Gasteiger partial charge is 0.500 e. The molecule has 0 atom stereocenters. The molecule has 13 rings (SSSR count). The molecule has 2 saturated carbocycles. The van der Waals surface area contributed by atoms with Gasteiger partial charge in [0.05, 0.1) is 68.3 Å². The van der Waals surface area contributed by atoms with Crippen LogP contribution >= 0.6 is 15.9 Å². The Morgan fingerprint density at radius 2 is 1.05 bits per heavy atom. The number of imidazole rings is 2. The Labute approximate surface area is 467 Å². The lowest BCUT2D eigenvalue weighted by molar-refractivity contribution is 0.00578. The number of nitrogens with one attached hydrogen (secondary N) is 2. The molecule has 3 fully saturated rings. The molecule has 0 spiro atoms. The van der Waals surface area contributed by atoms with Crippen molar-refractivity contribution in [1.82, 2.24) is 50.2 Å². The van der Waals surface area contributed by atoms with Crippen LogP contribution in [-0.4, -0.2) is 83.8 Å². The maximum absolute atomic E-state index is 12.4. The molecule has 19 heteroatoms. The van der Waals surface area contributed by atoms with E-state index in [4.69, 9.17) is 28.3 Å². The number of hydrogen-bond acceptors (Lipinski definition) is 15. The number of benzene rings is 2. The van der Waals surface area contributed by atoms with Gasteiger partial charge in [-0.2, -0.15) is 0 Å². The number of aliphatic hydroxyl groups excluding tert-OH is 1. The van der Waals surface area contributed by atoms with Crippen LogP contribution in [0.25, 0.3) is 33.2 Å². The average molecular weight is 1130 g/mol. The summed E-state index contributed by atoms with van der Waals surface area (Å²) in [5.74, 6) is 4.13.